The van der Waals surface area contributed by atoms with Crippen LogP contribution in [-0.2, 0) is 0 Å². The van der Waals surface area contributed by atoms with Crippen molar-refractivity contribution in [3.63, 3.8) is 0 Å². The maximum Gasteiger partial charge on any atom is 0.0276 e. The Balaban J connectivity index is 1.88. The van der Waals surface area contributed by atoms with Crippen molar-refractivity contribution in [2.24, 2.45) is 0 Å². The summed E-state index contributed by atoms with van der Waals surface area (Å²) in [7, 11) is 0. The summed E-state index contributed by atoms with van der Waals surface area (Å²) in [6.45, 7) is 0. The number of hydrogen-bond donors (Lipinski definition) is 0. The monoisotopic (exact) mass is 218 g/mol. The highest BCUT2D eigenvalue weighted by Gasteiger charge is 1.82. The Kier molecular flexibility index (Phi) is 4.20. The molecule has 0 unspecified atom stereocenters. The summed E-state index contributed by atoms with van der Waals surface area (Å²) in [6.07, 6.45) is 4.97. The van der Waals surface area contributed by atoms with Gasteiger partial charge < -0.3 is 0 Å². The Morgan fingerprint density at radius 3 is 2.18 bits per heavy atom. The molecule has 0 N–H and O–H groups in total. The molecule has 0 saturated heterocycles. The molecular formula is C17H14. The minimum atomic E-state index is 0.782. The van der Waals surface area contributed by atoms with E-state index in [9.17, 15) is 0 Å². The van der Waals surface area contributed by atoms with E-state index in [1.807, 2.05) is 48.5 Å². The molecule has 17 heavy (non-hydrogen) atoms. The average molecular weight is 218 g/mol. The highest BCUT2D eigenvalue weighted by atomic mass is 13.9. The molecule has 0 aromatic heterocycles. The van der Waals surface area contributed by atoms with Crippen LogP contribution in [0.3, 0.4) is 0 Å². The lowest BCUT2D eigenvalue weighted by molar-refractivity contribution is 1.48. The number of allylic oxidation sites excluding steroid dienone is 1. The fourth-order valence-electron chi connectivity index (χ4n) is 1.49. The summed E-state index contributed by atoms with van der Waals surface area (Å²) in [6, 6.07) is 20.3. The van der Waals surface area contributed by atoms with Gasteiger partial charge in [0.15, 0.2) is 0 Å². The van der Waals surface area contributed by atoms with E-state index < -0.39 is 0 Å². The smallest absolute Gasteiger partial charge is 0.0276 e. The molecule has 0 bridgehead atoms. The van der Waals surface area contributed by atoms with Gasteiger partial charge in [-0.1, -0.05) is 72.5 Å². The molecule has 0 heterocycles. The minimum absolute atomic E-state index is 0.782. The first-order valence-corrected chi connectivity index (χ1v) is 5.71. The van der Waals surface area contributed by atoms with E-state index in [2.05, 4.69) is 36.1 Å². The number of hydrogen-bond acceptors (Lipinski definition) is 0. The van der Waals surface area contributed by atoms with Crippen LogP contribution in [0.2, 0.25) is 0 Å². The Morgan fingerprint density at radius 1 is 0.824 bits per heavy atom. The normalized spacial score (nSPS) is 9.88. The predicted octanol–water partition coefficient (Wildman–Crippen LogP) is 4.14. The molecule has 82 valence electrons. The summed E-state index contributed by atoms with van der Waals surface area (Å²) >= 11 is 0. The van der Waals surface area contributed by atoms with E-state index in [4.69, 9.17) is 0 Å². The first-order valence-electron chi connectivity index (χ1n) is 5.71. The van der Waals surface area contributed by atoms with Crippen LogP contribution in [0.4, 0.5) is 0 Å². The number of rotatable bonds is 2. The van der Waals surface area contributed by atoms with Crippen molar-refractivity contribution in [3.8, 4) is 11.8 Å². The van der Waals surface area contributed by atoms with Crippen molar-refractivity contribution in [2.75, 3.05) is 0 Å². The maximum atomic E-state index is 3.14. The lowest BCUT2D eigenvalue weighted by Crippen LogP contribution is -1.71. The van der Waals surface area contributed by atoms with E-state index in [0.29, 0.717) is 0 Å². The third kappa shape index (κ3) is 4.01. The van der Waals surface area contributed by atoms with Crippen molar-refractivity contribution in [1.82, 2.24) is 0 Å². The molecule has 0 aliphatic rings. The minimum Gasteiger partial charge on any atom is -0.0937 e. The largest absolute Gasteiger partial charge is 0.0937 e. The summed E-state index contributed by atoms with van der Waals surface area (Å²) in [5.41, 5.74) is 2.29. The number of benzene rings is 2. The fourth-order valence-corrected chi connectivity index (χ4v) is 1.49. The standard InChI is InChI=1S/C17H14/c1-4-10-16(11-5-1)14-8-3-9-15-17-12-6-2-7-13-17/h1-2,4-8,10-14H,3H2/b14-8+. The molecule has 0 radical (unpaired) electrons. The zero-order valence-electron chi connectivity index (χ0n) is 9.64. The molecule has 0 heteroatoms. The predicted molar refractivity (Wildman–Crippen MR) is 73.4 cm³/mol. The van der Waals surface area contributed by atoms with E-state index in [0.717, 1.165) is 12.0 Å². The molecule has 0 saturated carbocycles. The summed E-state index contributed by atoms with van der Waals surface area (Å²) in [4.78, 5) is 0. The van der Waals surface area contributed by atoms with E-state index >= 15 is 0 Å². The summed E-state index contributed by atoms with van der Waals surface area (Å²) in [5.74, 6) is 6.26. The molecule has 0 atom stereocenters. The van der Waals surface area contributed by atoms with E-state index in [1.165, 1.54) is 5.56 Å². The van der Waals surface area contributed by atoms with Gasteiger partial charge in [-0.25, -0.2) is 0 Å². The average Bonchev–Trinajstić information content (AvgIpc) is 2.41. The van der Waals surface area contributed by atoms with Crippen LogP contribution in [0.15, 0.2) is 66.7 Å². The first-order chi connectivity index (χ1) is 8.45. The molecule has 2 aromatic carbocycles. The van der Waals surface area contributed by atoms with Crippen molar-refractivity contribution in [1.29, 1.82) is 0 Å². The van der Waals surface area contributed by atoms with E-state index in [-0.39, 0.29) is 0 Å². The van der Waals surface area contributed by atoms with Crippen molar-refractivity contribution < 1.29 is 0 Å². The van der Waals surface area contributed by atoms with E-state index in [1.54, 1.807) is 0 Å². The maximum absolute atomic E-state index is 3.14. The third-order valence-corrected chi connectivity index (χ3v) is 2.34. The van der Waals surface area contributed by atoms with Gasteiger partial charge in [-0.15, -0.1) is 0 Å². The second kappa shape index (κ2) is 6.35. The van der Waals surface area contributed by atoms with Gasteiger partial charge in [-0.2, -0.15) is 0 Å². The van der Waals surface area contributed by atoms with Crippen molar-refractivity contribution in [3.05, 3.63) is 77.9 Å². The topological polar surface area (TPSA) is 0 Å². The Hall–Kier alpha value is -2.26. The van der Waals surface area contributed by atoms with Gasteiger partial charge >= 0.3 is 0 Å². The lowest BCUT2D eigenvalue weighted by Gasteiger charge is -1.89. The molecule has 2 rings (SSSR count). The molecule has 2 aromatic rings. The molecule has 0 nitrogen and oxygen atoms in total. The second-order valence-corrected chi connectivity index (χ2v) is 3.68. The van der Waals surface area contributed by atoms with Gasteiger partial charge in [0.05, 0.1) is 0 Å². The van der Waals surface area contributed by atoms with Crippen LogP contribution in [0.25, 0.3) is 6.08 Å². The highest BCUT2D eigenvalue weighted by molar-refractivity contribution is 5.49. The molecule has 0 aliphatic carbocycles. The summed E-state index contributed by atoms with van der Waals surface area (Å²) < 4.78 is 0. The SMILES string of the molecule is C(#Cc1ccccc1)C/C=C/c1ccccc1. The summed E-state index contributed by atoms with van der Waals surface area (Å²) in [5, 5.41) is 0. The van der Waals surface area contributed by atoms with Crippen LogP contribution < -0.4 is 0 Å². The molecule has 0 fully saturated rings. The quantitative estimate of drug-likeness (QED) is 0.664. The molecular weight excluding hydrogens is 204 g/mol. The van der Waals surface area contributed by atoms with Gasteiger partial charge in [0.2, 0.25) is 0 Å². The van der Waals surface area contributed by atoms with Crippen LogP contribution in [0.5, 0.6) is 0 Å². The van der Waals surface area contributed by atoms with Crippen LogP contribution in [0.1, 0.15) is 17.5 Å². The van der Waals surface area contributed by atoms with Crippen molar-refractivity contribution >= 4 is 6.08 Å². The second-order valence-electron chi connectivity index (χ2n) is 3.68. The Morgan fingerprint density at radius 2 is 1.47 bits per heavy atom. The zero-order valence-corrected chi connectivity index (χ0v) is 9.64. The third-order valence-electron chi connectivity index (χ3n) is 2.34. The Labute approximate surface area is 103 Å². The first kappa shape index (κ1) is 11.2. The van der Waals surface area contributed by atoms with Gasteiger partial charge in [0, 0.05) is 12.0 Å². The van der Waals surface area contributed by atoms with Gasteiger partial charge in [0.1, 0.15) is 0 Å². The van der Waals surface area contributed by atoms with Gasteiger partial charge in [-0.05, 0) is 17.7 Å². The fraction of sp³-hybridized carbons (Fsp3) is 0.0588. The Bertz CT molecular complexity index is 525. The molecule has 0 spiro atoms. The van der Waals surface area contributed by atoms with Crippen LogP contribution in [0, 0.1) is 11.8 Å². The molecule has 0 amide bonds. The van der Waals surface area contributed by atoms with Crippen molar-refractivity contribution in [2.45, 2.75) is 6.42 Å². The molecule has 0 aliphatic heterocycles. The van der Waals surface area contributed by atoms with Gasteiger partial charge in [0.25, 0.3) is 0 Å². The zero-order chi connectivity index (χ0) is 11.8. The lowest BCUT2D eigenvalue weighted by atomic mass is 10.2. The van der Waals surface area contributed by atoms with Crippen LogP contribution >= 0.6 is 0 Å². The van der Waals surface area contributed by atoms with Gasteiger partial charge in [-0.3, -0.25) is 0 Å². The van der Waals surface area contributed by atoms with Crippen LogP contribution in [-0.4, -0.2) is 0 Å². The highest BCUT2D eigenvalue weighted by Crippen LogP contribution is 2.01.